The van der Waals surface area contributed by atoms with E-state index in [2.05, 4.69) is 5.32 Å². The minimum atomic E-state index is -0.683. The highest BCUT2D eigenvalue weighted by Gasteiger charge is 2.31. The number of rotatable bonds is 9. The van der Waals surface area contributed by atoms with Gasteiger partial charge in [0.05, 0.1) is 17.2 Å². The number of carbonyl (C=O) groups excluding carboxylic acids is 2. The second kappa shape index (κ2) is 11.4. The van der Waals surface area contributed by atoms with Crippen LogP contribution in [0.5, 0.6) is 11.5 Å². The first-order valence-corrected chi connectivity index (χ1v) is 11.1. The number of para-hydroxylation sites is 2. The number of hydrogen-bond donors (Lipinski definition) is 1. The van der Waals surface area contributed by atoms with Crippen molar-refractivity contribution in [2.24, 2.45) is 0 Å². The van der Waals surface area contributed by atoms with E-state index < -0.39 is 11.6 Å². The Labute approximate surface area is 199 Å². The molecule has 0 aliphatic rings. The van der Waals surface area contributed by atoms with Gasteiger partial charge in [0.1, 0.15) is 6.04 Å². The molecular formula is C24H30Cl2N2O4. The predicted octanol–water partition coefficient (Wildman–Crippen LogP) is 5.10. The maximum Gasteiger partial charge on any atom is 0.261 e. The van der Waals surface area contributed by atoms with E-state index >= 15 is 0 Å². The highest BCUT2D eigenvalue weighted by Crippen LogP contribution is 2.27. The zero-order valence-electron chi connectivity index (χ0n) is 19.1. The molecule has 0 aliphatic heterocycles. The van der Waals surface area contributed by atoms with E-state index in [0.29, 0.717) is 28.0 Å². The van der Waals surface area contributed by atoms with Crippen molar-refractivity contribution >= 4 is 35.0 Å². The molecule has 0 radical (unpaired) electrons. The molecule has 2 aromatic carbocycles. The van der Waals surface area contributed by atoms with Gasteiger partial charge in [0.25, 0.3) is 5.91 Å². The number of carbonyl (C=O) groups is 2. The lowest BCUT2D eigenvalue weighted by atomic mass is 10.1. The molecule has 0 heterocycles. The molecule has 1 N–H and O–H groups in total. The Morgan fingerprint density at radius 3 is 2.28 bits per heavy atom. The monoisotopic (exact) mass is 480 g/mol. The number of nitrogens with zero attached hydrogens (tertiary/aromatic N) is 1. The first-order chi connectivity index (χ1) is 15.1. The summed E-state index contributed by atoms with van der Waals surface area (Å²) < 4.78 is 11.0. The largest absolute Gasteiger partial charge is 0.493 e. The third-order valence-electron chi connectivity index (χ3n) is 4.64. The normalized spacial score (nSPS) is 12.1. The number of methoxy groups -OCH3 is 1. The Morgan fingerprint density at radius 2 is 1.72 bits per heavy atom. The molecule has 6 nitrogen and oxygen atoms in total. The van der Waals surface area contributed by atoms with Gasteiger partial charge >= 0.3 is 0 Å². The predicted molar refractivity (Wildman–Crippen MR) is 127 cm³/mol. The minimum absolute atomic E-state index is 0.182. The molecule has 0 fully saturated rings. The fourth-order valence-electron chi connectivity index (χ4n) is 3.17. The Hall–Kier alpha value is -2.44. The van der Waals surface area contributed by atoms with Gasteiger partial charge in [-0.1, -0.05) is 48.3 Å². The maximum atomic E-state index is 13.3. The maximum absolute atomic E-state index is 13.3. The number of hydrogen-bond acceptors (Lipinski definition) is 4. The standard InChI is InChI=1S/C24H30Cl2N2O4/c1-6-19(23(30)27-24(2,3)4)28(14-16-11-12-17(25)18(26)13-16)22(29)15-32-21-10-8-7-9-20(21)31-5/h7-13,19H,6,14-15H2,1-5H3,(H,27,30)/t19-/m0/s1. The molecule has 0 saturated carbocycles. The lowest BCUT2D eigenvalue weighted by Crippen LogP contribution is -2.54. The van der Waals surface area contributed by atoms with Crippen LogP contribution in [-0.4, -0.2) is 42.0 Å². The summed E-state index contributed by atoms with van der Waals surface area (Å²) in [4.78, 5) is 27.8. The zero-order valence-corrected chi connectivity index (χ0v) is 20.6. The van der Waals surface area contributed by atoms with Gasteiger partial charge in [0, 0.05) is 12.1 Å². The summed E-state index contributed by atoms with van der Waals surface area (Å²) in [7, 11) is 1.53. The van der Waals surface area contributed by atoms with Crippen LogP contribution in [0.1, 0.15) is 39.7 Å². The first-order valence-electron chi connectivity index (χ1n) is 10.4. The van der Waals surface area contributed by atoms with Gasteiger partial charge < -0.3 is 19.7 Å². The molecule has 2 amide bonds. The van der Waals surface area contributed by atoms with Gasteiger partial charge in [-0.05, 0) is 57.0 Å². The second-order valence-electron chi connectivity index (χ2n) is 8.37. The van der Waals surface area contributed by atoms with Gasteiger partial charge in [-0.25, -0.2) is 0 Å². The van der Waals surface area contributed by atoms with E-state index in [1.807, 2.05) is 33.8 Å². The molecule has 0 saturated heterocycles. The molecule has 2 rings (SSSR count). The van der Waals surface area contributed by atoms with Crippen LogP contribution in [0.4, 0.5) is 0 Å². The van der Waals surface area contributed by atoms with Crippen LogP contribution in [0.25, 0.3) is 0 Å². The van der Waals surface area contributed by atoms with Crippen molar-refractivity contribution in [3.05, 3.63) is 58.1 Å². The summed E-state index contributed by atoms with van der Waals surface area (Å²) in [5, 5.41) is 3.77. The average molecular weight is 481 g/mol. The second-order valence-corrected chi connectivity index (χ2v) is 9.19. The molecule has 174 valence electrons. The summed E-state index contributed by atoms with van der Waals surface area (Å²) in [6.07, 6.45) is 0.434. The van der Waals surface area contributed by atoms with E-state index in [4.69, 9.17) is 32.7 Å². The van der Waals surface area contributed by atoms with Crippen molar-refractivity contribution in [3.8, 4) is 11.5 Å². The number of nitrogens with one attached hydrogen (secondary N) is 1. The minimum Gasteiger partial charge on any atom is -0.493 e. The molecule has 0 spiro atoms. The van der Waals surface area contributed by atoms with Gasteiger partial charge in [-0.15, -0.1) is 0 Å². The molecular weight excluding hydrogens is 451 g/mol. The van der Waals surface area contributed by atoms with E-state index in [1.165, 1.54) is 12.0 Å². The molecule has 0 bridgehead atoms. The van der Waals surface area contributed by atoms with Crippen LogP contribution in [0, 0.1) is 0 Å². The Balaban J connectivity index is 2.29. The third kappa shape index (κ3) is 7.31. The van der Waals surface area contributed by atoms with Crippen molar-refractivity contribution in [3.63, 3.8) is 0 Å². The number of benzene rings is 2. The SMILES string of the molecule is CC[C@@H](C(=O)NC(C)(C)C)N(Cc1ccc(Cl)c(Cl)c1)C(=O)COc1ccccc1OC. The van der Waals surface area contributed by atoms with Crippen molar-refractivity contribution in [2.75, 3.05) is 13.7 Å². The Kier molecular flexibility index (Phi) is 9.22. The fourth-order valence-corrected chi connectivity index (χ4v) is 3.49. The van der Waals surface area contributed by atoms with Crippen molar-refractivity contribution in [2.45, 2.75) is 52.2 Å². The molecule has 2 aromatic rings. The number of ether oxygens (including phenoxy) is 2. The Morgan fingerprint density at radius 1 is 1.06 bits per heavy atom. The van der Waals surface area contributed by atoms with E-state index in [9.17, 15) is 9.59 Å². The molecule has 8 heteroatoms. The number of amides is 2. The lowest BCUT2D eigenvalue weighted by Gasteiger charge is -2.33. The van der Waals surface area contributed by atoms with Crippen LogP contribution in [0.15, 0.2) is 42.5 Å². The lowest BCUT2D eigenvalue weighted by molar-refractivity contribution is -0.143. The third-order valence-corrected chi connectivity index (χ3v) is 5.38. The van der Waals surface area contributed by atoms with Gasteiger partial charge in [-0.2, -0.15) is 0 Å². The Bertz CT molecular complexity index is 944. The average Bonchev–Trinajstić information content (AvgIpc) is 2.73. The van der Waals surface area contributed by atoms with Crippen LogP contribution < -0.4 is 14.8 Å². The molecule has 32 heavy (non-hydrogen) atoms. The van der Waals surface area contributed by atoms with Crippen molar-refractivity contribution in [1.82, 2.24) is 10.2 Å². The van der Waals surface area contributed by atoms with Crippen molar-refractivity contribution < 1.29 is 19.1 Å². The molecule has 1 atom stereocenters. The van der Waals surface area contributed by atoms with Crippen LogP contribution in [0.2, 0.25) is 10.0 Å². The summed E-state index contributed by atoms with van der Waals surface area (Å²) in [6.45, 7) is 7.49. The summed E-state index contributed by atoms with van der Waals surface area (Å²) in [5.74, 6) is 0.405. The first kappa shape index (κ1) is 25.8. The van der Waals surface area contributed by atoms with Gasteiger partial charge in [-0.3, -0.25) is 9.59 Å². The quantitative estimate of drug-likeness (QED) is 0.541. The highest BCUT2D eigenvalue weighted by atomic mass is 35.5. The van der Waals surface area contributed by atoms with E-state index in [0.717, 1.165) is 5.56 Å². The summed E-state index contributed by atoms with van der Waals surface area (Å²) in [6, 6.07) is 11.5. The molecule has 0 unspecified atom stereocenters. The number of halogens is 2. The smallest absolute Gasteiger partial charge is 0.261 e. The van der Waals surface area contributed by atoms with Crippen molar-refractivity contribution in [1.29, 1.82) is 0 Å². The highest BCUT2D eigenvalue weighted by molar-refractivity contribution is 6.42. The zero-order chi connectivity index (χ0) is 23.9. The topological polar surface area (TPSA) is 67.9 Å². The fraction of sp³-hybridized carbons (Fsp3) is 0.417. The summed E-state index contributed by atoms with van der Waals surface area (Å²) in [5.41, 5.74) is 0.323. The van der Waals surface area contributed by atoms with Gasteiger partial charge in [0.2, 0.25) is 5.91 Å². The van der Waals surface area contributed by atoms with Crippen LogP contribution in [0.3, 0.4) is 0 Å². The van der Waals surface area contributed by atoms with Gasteiger partial charge in [0.15, 0.2) is 18.1 Å². The van der Waals surface area contributed by atoms with Crippen LogP contribution >= 0.6 is 23.2 Å². The van der Waals surface area contributed by atoms with Crippen LogP contribution in [-0.2, 0) is 16.1 Å². The van der Waals surface area contributed by atoms with E-state index in [1.54, 1.807) is 36.4 Å². The summed E-state index contributed by atoms with van der Waals surface area (Å²) >= 11 is 12.2. The molecule has 0 aliphatic carbocycles. The van der Waals surface area contributed by atoms with E-state index in [-0.39, 0.29) is 25.0 Å². The molecule has 0 aromatic heterocycles.